The van der Waals surface area contributed by atoms with E-state index in [-0.39, 0.29) is 130 Å². The first-order chi connectivity index (χ1) is 32.3. The number of hydrogen-bond acceptors (Lipinski definition) is 10. The molecular formula is C44H18Cl8N8O8. The number of nitrogens with zero attached hydrogens (tertiary/aromatic N) is 6. The molecule has 4 aromatic carbocycles. The maximum atomic E-state index is 11.9. The first-order valence-corrected chi connectivity index (χ1v) is 22.0. The van der Waals surface area contributed by atoms with Crippen molar-refractivity contribution in [3.8, 4) is 44.5 Å². The highest BCUT2D eigenvalue weighted by atomic mass is 35.5. The van der Waals surface area contributed by atoms with Crippen LogP contribution < -0.4 is 0 Å². The third-order valence-corrected chi connectivity index (χ3v) is 13.1. The van der Waals surface area contributed by atoms with Gasteiger partial charge in [0.25, 0.3) is 22.7 Å². The van der Waals surface area contributed by atoms with E-state index in [1.807, 2.05) is 0 Å². The molecule has 0 amide bonds. The number of nitro groups is 4. The number of nitro benzene ring substituents is 4. The predicted octanol–water partition coefficient (Wildman–Crippen LogP) is 16.2. The van der Waals surface area contributed by atoms with E-state index >= 15 is 0 Å². The van der Waals surface area contributed by atoms with Crippen LogP contribution >= 0.6 is 92.8 Å². The lowest BCUT2D eigenvalue weighted by atomic mass is 10.0. The second-order valence-electron chi connectivity index (χ2n) is 14.7. The van der Waals surface area contributed by atoms with Gasteiger partial charge in [0, 0.05) is 115 Å². The normalized spacial score (nSPS) is 11.9. The molecule has 7 aromatic rings. The zero-order valence-electron chi connectivity index (χ0n) is 33.2. The Morgan fingerprint density at radius 1 is 0.324 bits per heavy atom. The Hall–Kier alpha value is -6.60. The number of halogens is 8. The summed E-state index contributed by atoms with van der Waals surface area (Å²) < 4.78 is 0. The van der Waals surface area contributed by atoms with Gasteiger partial charge in [-0.2, -0.15) is 0 Å². The summed E-state index contributed by atoms with van der Waals surface area (Å²) in [4.78, 5) is 61.7. The monoisotopic (exact) mass is 1070 g/mol. The lowest BCUT2D eigenvalue weighted by Crippen LogP contribution is -1.95. The summed E-state index contributed by atoms with van der Waals surface area (Å²) in [5.41, 5.74) is 1.64. The van der Waals surface area contributed by atoms with Crippen molar-refractivity contribution in [1.82, 2.24) is 19.9 Å². The van der Waals surface area contributed by atoms with Gasteiger partial charge in [0.2, 0.25) is 0 Å². The van der Waals surface area contributed by atoms with Crippen LogP contribution in [0.2, 0.25) is 40.2 Å². The molecular weight excluding hydrogens is 1050 g/mol. The molecule has 0 saturated heterocycles. The molecule has 0 radical (unpaired) electrons. The highest BCUT2D eigenvalue weighted by Gasteiger charge is 2.28. The fourth-order valence-corrected chi connectivity index (χ4v) is 10.5. The van der Waals surface area contributed by atoms with Crippen molar-refractivity contribution in [2.45, 2.75) is 0 Å². The van der Waals surface area contributed by atoms with Crippen molar-refractivity contribution in [3.05, 3.63) is 176 Å². The number of rotatable bonds is 8. The van der Waals surface area contributed by atoms with E-state index in [4.69, 9.17) is 103 Å². The Balaban J connectivity index is 1.53. The predicted molar refractivity (Wildman–Crippen MR) is 267 cm³/mol. The van der Waals surface area contributed by atoms with E-state index < -0.39 is 42.4 Å². The highest BCUT2D eigenvalue weighted by molar-refractivity contribution is 6.42. The number of fused-ring (bicyclic) bond motifs is 8. The summed E-state index contributed by atoms with van der Waals surface area (Å²) in [6.45, 7) is 0. The maximum absolute atomic E-state index is 11.9. The molecule has 338 valence electrons. The van der Waals surface area contributed by atoms with E-state index in [1.165, 1.54) is 0 Å². The van der Waals surface area contributed by atoms with Crippen LogP contribution in [0.4, 0.5) is 22.7 Å². The van der Waals surface area contributed by atoms with Gasteiger partial charge in [0.15, 0.2) is 0 Å². The van der Waals surface area contributed by atoms with Gasteiger partial charge in [-0.15, -0.1) is 0 Å². The summed E-state index contributed by atoms with van der Waals surface area (Å²) in [7, 11) is 0. The average Bonchev–Trinajstić information content (AvgIpc) is 4.11. The number of aromatic amines is 2. The van der Waals surface area contributed by atoms with Crippen molar-refractivity contribution in [2.75, 3.05) is 0 Å². The Bertz CT molecular complexity index is 3160. The molecule has 0 aliphatic carbocycles. The number of hydrogen-bond donors (Lipinski definition) is 2. The first-order valence-electron chi connectivity index (χ1n) is 19.0. The minimum absolute atomic E-state index is 0.117. The third kappa shape index (κ3) is 8.18. The minimum Gasteiger partial charge on any atom is -0.354 e. The van der Waals surface area contributed by atoms with E-state index in [0.29, 0.717) is 0 Å². The fraction of sp³-hybridized carbons (Fsp3) is 0. The second kappa shape index (κ2) is 17.8. The van der Waals surface area contributed by atoms with E-state index in [9.17, 15) is 40.5 Å². The summed E-state index contributed by atoms with van der Waals surface area (Å²) in [5.74, 6) is 0. The Morgan fingerprint density at radius 3 is 0.662 bits per heavy atom. The molecule has 16 nitrogen and oxygen atoms in total. The number of benzene rings is 4. The molecule has 68 heavy (non-hydrogen) atoms. The van der Waals surface area contributed by atoms with Crippen molar-refractivity contribution < 1.29 is 19.7 Å². The van der Waals surface area contributed by atoms with Gasteiger partial charge < -0.3 is 9.97 Å². The maximum Gasteiger partial charge on any atom is 0.272 e. The van der Waals surface area contributed by atoms with Crippen LogP contribution in [0.3, 0.4) is 0 Å². The molecule has 2 N–H and O–H groups in total. The van der Waals surface area contributed by atoms with Crippen LogP contribution in [0.25, 0.3) is 90.9 Å². The summed E-state index contributed by atoms with van der Waals surface area (Å²) in [5, 5.41) is 46.5. The topological polar surface area (TPSA) is 230 Å². The fourth-order valence-electron chi connectivity index (χ4n) is 7.87. The molecule has 3 aromatic heterocycles. The standard InChI is InChI=1S/C44H18Cl8N8O8/c45-21-9-17(57(61)62)10-22(46)37(21)41-29-1-2-30(53-29)42(38-23(47)11-18(58(63)64)12-24(38)48)32-5-6-34(55-32)44(40-27(51)15-20(60(67)68)16-28(40)52)36-8-7-35(56-36)43(33-4-3-31(41)54-33)39-25(49)13-19(59(65)66)14-26(39)50/h1-16,53,56H. The van der Waals surface area contributed by atoms with Gasteiger partial charge in [-0.1, -0.05) is 92.8 Å². The molecule has 5 heterocycles. The Labute approximate surface area is 419 Å². The third-order valence-electron chi connectivity index (χ3n) is 10.7. The van der Waals surface area contributed by atoms with Crippen LogP contribution in [-0.4, -0.2) is 39.6 Å². The number of H-pyrrole nitrogens is 2. The van der Waals surface area contributed by atoms with E-state index in [1.54, 1.807) is 48.6 Å². The van der Waals surface area contributed by atoms with Gasteiger partial charge in [-0.3, -0.25) is 40.5 Å². The van der Waals surface area contributed by atoms with Gasteiger partial charge in [-0.25, -0.2) is 9.97 Å². The summed E-state index contributed by atoms with van der Waals surface area (Å²) in [6, 6.07) is 15.5. The van der Waals surface area contributed by atoms with Gasteiger partial charge >= 0.3 is 0 Å². The number of aromatic nitrogens is 4. The molecule has 0 atom stereocenters. The molecule has 2 aliphatic rings. The van der Waals surface area contributed by atoms with Crippen LogP contribution in [0, 0.1) is 40.5 Å². The van der Waals surface area contributed by atoms with Crippen molar-refractivity contribution in [2.24, 2.45) is 0 Å². The zero-order chi connectivity index (χ0) is 48.6. The Morgan fingerprint density at radius 2 is 0.500 bits per heavy atom. The van der Waals surface area contributed by atoms with Crippen molar-refractivity contribution in [1.29, 1.82) is 0 Å². The molecule has 0 unspecified atom stereocenters. The molecule has 9 rings (SSSR count). The number of nitrogens with one attached hydrogen (secondary N) is 2. The van der Waals surface area contributed by atoms with Crippen molar-refractivity contribution >= 4 is 162 Å². The van der Waals surface area contributed by atoms with Crippen LogP contribution in [0.15, 0.2) is 72.8 Å². The van der Waals surface area contributed by atoms with Crippen LogP contribution in [0.5, 0.6) is 0 Å². The zero-order valence-corrected chi connectivity index (χ0v) is 39.3. The average molecular weight is 1070 g/mol. The van der Waals surface area contributed by atoms with Crippen LogP contribution in [0.1, 0.15) is 22.8 Å². The van der Waals surface area contributed by atoms with Gasteiger partial charge in [0.1, 0.15) is 0 Å². The van der Waals surface area contributed by atoms with Gasteiger partial charge in [-0.05, 0) is 48.6 Å². The van der Waals surface area contributed by atoms with E-state index in [0.717, 1.165) is 48.5 Å². The smallest absolute Gasteiger partial charge is 0.272 e. The molecule has 8 bridgehead atoms. The summed E-state index contributed by atoms with van der Waals surface area (Å²) in [6.07, 6.45) is 6.40. The minimum atomic E-state index is -0.660. The second-order valence-corrected chi connectivity index (χ2v) is 17.9. The van der Waals surface area contributed by atoms with E-state index in [2.05, 4.69) is 9.97 Å². The molecule has 0 fully saturated rings. The highest BCUT2D eigenvalue weighted by Crippen LogP contribution is 2.48. The quantitative estimate of drug-likeness (QED) is 0.108. The summed E-state index contributed by atoms with van der Waals surface area (Å²) >= 11 is 54.8. The lowest BCUT2D eigenvalue weighted by Gasteiger charge is -2.11. The SMILES string of the molecule is O=[N+]([O-])c1cc(Cl)c(-c2c3nc(c(-c4c(Cl)cc([N+](=O)[O-])cc4Cl)c4ccc([nH]4)c(-c4c(Cl)cc([N+](=O)[O-])cc4Cl)c4nc(c(-c5c(Cl)cc([N+](=O)[O-])cc5Cl)c5ccc2[nH]5)C=C4)C=C3)c(Cl)c1. The largest absolute Gasteiger partial charge is 0.354 e. The van der Waals surface area contributed by atoms with Gasteiger partial charge in [0.05, 0.1) is 82.7 Å². The molecule has 2 aliphatic heterocycles. The Kier molecular flexibility index (Phi) is 12.2. The molecule has 0 spiro atoms. The number of non-ortho nitro benzene ring substituents is 4. The molecule has 24 heteroatoms. The van der Waals surface area contributed by atoms with Crippen LogP contribution in [-0.2, 0) is 0 Å². The molecule has 0 saturated carbocycles. The lowest BCUT2D eigenvalue weighted by molar-refractivity contribution is -0.385. The first kappa shape index (κ1) is 46.5. The van der Waals surface area contributed by atoms with Crippen molar-refractivity contribution in [3.63, 3.8) is 0 Å².